The van der Waals surface area contributed by atoms with Crippen LogP contribution in [0.2, 0.25) is 0 Å². The Balaban J connectivity index is 1.22. The number of fused-ring (bicyclic) bond motifs is 6. The first-order valence-corrected chi connectivity index (χ1v) is 17.7. The maximum atomic E-state index is 13.0. The van der Waals surface area contributed by atoms with E-state index < -0.39 is 5.60 Å². The first-order valence-electron chi connectivity index (χ1n) is 17.7. The Bertz CT molecular complexity index is 1350. The van der Waals surface area contributed by atoms with E-state index in [0.717, 1.165) is 70.6 Å². The topological polar surface area (TPSA) is 107 Å². The lowest BCUT2D eigenvalue weighted by molar-refractivity contribution is -0.214. The minimum atomic E-state index is -0.654. The van der Waals surface area contributed by atoms with E-state index in [1.165, 1.54) is 18.2 Å². The van der Waals surface area contributed by atoms with E-state index in [-0.39, 0.29) is 62.7 Å². The number of hydrogen-bond acceptors (Lipinski definition) is 6. The molecule has 5 aliphatic rings. The zero-order chi connectivity index (χ0) is 32.8. The Morgan fingerprint density at radius 2 is 1.38 bits per heavy atom. The van der Waals surface area contributed by atoms with Crippen molar-refractivity contribution in [2.45, 2.75) is 137 Å². The first-order chi connectivity index (χ1) is 20.9. The number of phenols is 2. The number of aliphatic hydroxyl groups is 2. The highest BCUT2D eigenvalue weighted by Gasteiger charge is 2.67. The number of benzene rings is 1. The molecular formula is C39H58O6. The molecule has 250 valence electrons. The van der Waals surface area contributed by atoms with Gasteiger partial charge in [0.1, 0.15) is 6.10 Å². The smallest absolute Gasteiger partial charge is 0.331 e. The van der Waals surface area contributed by atoms with Gasteiger partial charge < -0.3 is 25.2 Å². The number of rotatable bonds is 3. The zero-order valence-corrected chi connectivity index (χ0v) is 28.7. The predicted octanol–water partition coefficient (Wildman–Crippen LogP) is 8.01. The fourth-order valence-corrected chi connectivity index (χ4v) is 12.9. The van der Waals surface area contributed by atoms with E-state index in [4.69, 9.17) is 4.74 Å². The predicted molar refractivity (Wildman–Crippen MR) is 176 cm³/mol. The zero-order valence-electron chi connectivity index (χ0n) is 28.7. The highest BCUT2D eigenvalue weighted by molar-refractivity contribution is 5.87. The molecule has 0 heterocycles. The highest BCUT2D eigenvalue weighted by atomic mass is 16.5. The lowest BCUT2D eigenvalue weighted by Gasteiger charge is -2.65. The van der Waals surface area contributed by atoms with Crippen LogP contribution in [0.1, 0.15) is 125 Å². The number of esters is 1. The van der Waals surface area contributed by atoms with Crippen LogP contribution in [0.25, 0.3) is 6.08 Å². The van der Waals surface area contributed by atoms with E-state index in [1.54, 1.807) is 12.1 Å². The molecule has 6 rings (SSSR count). The summed E-state index contributed by atoms with van der Waals surface area (Å²) in [7, 11) is 0. The Morgan fingerprint density at radius 1 is 0.756 bits per heavy atom. The van der Waals surface area contributed by atoms with Crippen LogP contribution in [0.4, 0.5) is 0 Å². The molecular weight excluding hydrogens is 564 g/mol. The van der Waals surface area contributed by atoms with Gasteiger partial charge in [-0.15, -0.1) is 0 Å². The average Bonchev–Trinajstić information content (AvgIpc) is 3.07. The maximum absolute atomic E-state index is 13.0. The van der Waals surface area contributed by atoms with Gasteiger partial charge in [-0.05, 0) is 140 Å². The summed E-state index contributed by atoms with van der Waals surface area (Å²) in [6.07, 6.45) is 13.3. The van der Waals surface area contributed by atoms with Crippen molar-refractivity contribution in [1.29, 1.82) is 0 Å². The molecule has 6 nitrogen and oxygen atoms in total. The molecule has 5 saturated carbocycles. The quantitative estimate of drug-likeness (QED) is 0.155. The average molecular weight is 623 g/mol. The summed E-state index contributed by atoms with van der Waals surface area (Å²) in [5.41, 5.74) is -0.144. The van der Waals surface area contributed by atoms with Crippen molar-refractivity contribution < 1.29 is 30.0 Å². The van der Waals surface area contributed by atoms with Crippen molar-refractivity contribution in [1.82, 2.24) is 0 Å². The molecule has 4 N–H and O–H groups in total. The molecule has 0 spiro atoms. The SMILES string of the molecule is CC1(C)[C@@H](OC(=O)/C=C/c2ccc(O)c(O)c2)CC[C@@]2(C)[C@H]1CC[C@@]1(C)C[C@@]3(O)CC[C@H]4C(C)(C)[C@@H](O)CC[C@]4(C)[C@H]3CC[C@@H]12. The lowest BCUT2D eigenvalue weighted by Crippen LogP contribution is -2.62. The van der Waals surface area contributed by atoms with Gasteiger partial charge in [0.2, 0.25) is 0 Å². The van der Waals surface area contributed by atoms with Crippen LogP contribution >= 0.6 is 0 Å². The van der Waals surface area contributed by atoms with Gasteiger partial charge in [0.05, 0.1) is 11.7 Å². The van der Waals surface area contributed by atoms with E-state index in [9.17, 15) is 25.2 Å². The molecule has 1 aromatic carbocycles. The standard InChI is InChI=1S/C39H58O6/c1-34(2)27-15-21-39(44)23-36(5)18-14-28-35(3,4)32(45-33(43)13-9-24-8-10-25(40)26(41)22-24)17-20-37(28,6)29(36)11-12-30(39)38(27,7)19-16-31(34)42/h8-10,13,22,27-32,40-42,44H,11-12,14-21,23H2,1-7H3/b13-9+/t27-,28-,29-,30+,31-,32-,36-,37-,38-,39-/m0/s1. The van der Waals surface area contributed by atoms with Crippen LogP contribution < -0.4 is 0 Å². The van der Waals surface area contributed by atoms with Gasteiger partial charge in [0.15, 0.2) is 11.5 Å². The number of aromatic hydroxyl groups is 2. The van der Waals surface area contributed by atoms with E-state index in [0.29, 0.717) is 23.3 Å². The van der Waals surface area contributed by atoms with Gasteiger partial charge in [-0.1, -0.05) is 54.5 Å². The van der Waals surface area contributed by atoms with Gasteiger partial charge in [0.25, 0.3) is 0 Å². The molecule has 0 aliphatic heterocycles. The van der Waals surface area contributed by atoms with Crippen molar-refractivity contribution in [3.8, 4) is 11.5 Å². The molecule has 10 atom stereocenters. The highest BCUT2D eigenvalue weighted by Crippen LogP contribution is 2.72. The van der Waals surface area contributed by atoms with Crippen LogP contribution in [0.3, 0.4) is 0 Å². The maximum Gasteiger partial charge on any atom is 0.331 e. The molecule has 0 unspecified atom stereocenters. The minimum Gasteiger partial charge on any atom is -0.504 e. The molecule has 0 radical (unpaired) electrons. The fourth-order valence-electron chi connectivity index (χ4n) is 12.9. The Kier molecular flexibility index (Phi) is 7.84. The second kappa shape index (κ2) is 10.7. The number of hydrogen-bond donors (Lipinski definition) is 4. The van der Waals surface area contributed by atoms with E-state index in [2.05, 4.69) is 48.5 Å². The van der Waals surface area contributed by atoms with E-state index >= 15 is 0 Å². The fraction of sp³-hybridized carbons (Fsp3) is 0.769. The van der Waals surface area contributed by atoms with Gasteiger partial charge in [-0.25, -0.2) is 4.79 Å². The second-order valence-corrected chi connectivity index (χ2v) is 18.1. The molecule has 5 aliphatic carbocycles. The van der Waals surface area contributed by atoms with Gasteiger partial charge >= 0.3 is 5.97 Å². The van der Waals surface area contributed by atoms with Crippen LogP contribution in [0, 0.1) is 50.7 Å². The van der Waals surface area contributed by atoms with Gasteiger partial charge in [-0.2, -0.15) is 0 Å². The van der Waals surface area contributed by atoms with Crippen molar-refractivity contribution in [2.24, 2.45) is 50.7 Å². The summed E-state index contributed by atoms with van der Waals surface area (Å²) in [6, 6.07) is 4.47. The number of ether oxygens (including phenoxy) is 1. The summed E-state index contributed by atoms with van der Waals surface area (Å²) >= 11 is 0. The third kappa shape index (κ3) is 5.07. The van der Waals surface area contributed by atoms with Crippen LogP contribution in [-0.4, -0.2) is 44.2 Å². The van der Waals surface area contributed by atoms with Crippen LogP contribution in [0.5, 0.6) is 11.5 Å². The van der Waals surface area contributed by atoms with Gasteiger partial charge in [0, 0.05) is 11.5 Å². The molecule has 0 aromatic heterocycles. The summed E-state index contributed by atoms with van der Waals surface area (Å²) in [4.78, 5) is 13.0. The lowest BCUT2D eigenvalue weighted by atomic mass is 9.41. The molecule has 1 aromatic rings. The molecule has 0 bridgehead atoms. The molecule has 0 amide bonds. The van der Waals surface area contributed by atoms with Crippen molar-refractivity contribution in [3.05, 3.63) is 29.8 Å². The minimum absolute atomic E-state index is 0.0391. The molecule has 0 saturated heterocycles. The largest absolute Gasteiger partial charge is 0.504 e. The first kappa shape index (κ1) is 32.9. The second-order valence-electron chi connectivity index (χ2n) is 18.1. The van der Waals surface area contributed by atoms with Crippen molar-refractivity contribution >= 4 is 12.0 Å². The van der Waals surface area contributed by atoms with Gasteiger partial charge in [-0.3, -0.25) is 0 Å². The number of aliphatic hydroxyl groups excluding tert-OH is 1. The summed E-state index contributed by atoms with van der Waals surface area (Å²) in [5.74, 6) is 0.801. The van der Waals surface area contributed by atoms with Crippen LogP contribution in [0.15, 0.2) is 24.3 Å². The molecule has 6 heteroatoms. The monoisotopic (exact) mass is 622 g/mol. The number of carbonyl (C=O) groups is 1. The Morgan fingerprint density at radius 3 is 2.09 bits per heavy atom. The normalized spacial score (nSPS) is 45.4. The summed E-state index contributed by atoms with van der Waals surface area (Å²) in [6.45, 7) is 16.5. The molecule has 5 fully saturated rings. The number of carbonyl (C=O) groups excluding carboxylic acids is 1. The third-order valence-electron chi connectivity index (χ3n) is 15.1. The van der Waals surface area contributed by atoms with E-state index in [1.807, 2.05) is 0 Å². The van der Waals surface area contributed by atoms with Crippen molar-refractivity contribution in [2.75, 3.05) is 0 Å². The molecule has 45 heavy (non-hydrogen) atoms. The third-order valence-corrected chi connectivity index (χ3v) is 15.1. The van der Waals surface area contributed by atoms with Crippen LogP contribution in [-0.2, 0) is 9.53 Å². The van der Waals surface area contributed by atoms with Crippen molar-refractivity contribution in [3.63, 3.8) is 0 Å². The Labute approximate surface area is 270 Å². The Hall–Kier alpha value is -2.05. The number of phenolic OH excluding ortho intramolecular Hbond substituents is 2. The summed E-state index contributed by atoms with van der Waals surface area (Å²) < 4.78 is 6.16. The summed E-state index contributed by atoms with van der Waals surface area (Å²) in [5, 5.41) is 43.0.